The molecule has 15 heavy (non-hydrogen) atoms. The lowest BCUT2D eigenvalue weighted by molar-refractivity contribution is 0.109. The molecule has 3 unspecified atom stereocenters. The lowest BCUT2D eigenvalue weighted by atomic mass is 9.94. The van der Waals surface area contributed by atoms with Gasteiger partial charge in [-0.2, -0.15) is 0 Å². The van der Waals surface area contributed by atoms with Gasteiger partial charge in [-0.05, 0) is 33.7 Å². The van der Waals surface area contributed by atoms with E-state index in [2.05, 4.69) is 18.9 Å². The first-order valence-corrected chi connectivity index (χ1v) is 5.66. The molecular formula is C11H24N2O2. The van der Waals surface area contributed by atoms with E-state index in [0.717, 1.165) is 26.1 Å². The number of ether oxygens (including phenoxy) is 1. The lowest BCUT2D eigenvalue weighted by Crippen LogP contribution is -2.48. The highest BCUT2D eigenvalue weighted by atomic mass is 16.5. The summed E-state index contributed by atoms with van der Waals surface area (Å²) >= 11 is 0. The first kappa shape index (κ1) is 12.9. The Morgan fingerprint density at radius 3 is 2.80 bits per heavy atom. The third kappa shape index (κ3) is 3.72. The Balaban J connectivity index is 2.41. The van der Waals surface area contributed by atoms with E-state index in [1.54, 1.807) is 0 Å². The first-order valence-electron chi connectivity index (χ1n) is 5.66. The van der Waals surface area contributed by atoms with Crippen molar-refractivity contribution in [1.29, 1.82) is 0 Å². The van der Waals surface area contributed by atoms with Crippen LogP contribution in [0.2, 0.25) is 0 Å². The maximum Gasteiger partial charge on any atom is 0.0622 e. The van der Waals surface area contributed by atoms with E-state index in [1.807, 2.05) is 6.92 Å². The maximum absolute atomic E-state index is 9.12. The van der Waals surface area contributed by atoms with Crippen molar-refractivity contribution in [3.05, 3.63) is 0 Å². The van der Waals surface area contributed by atoms with E-state index >= 15 is 0 Å². The van der Waals surface area contributed by atoms with Gasteiger partial charge < -0.3 is 15.6 Å². The number of hydrogen-bond acceptors (Lipinski definition) is 4. The molecule has 0 aliphatic carbocycles. The second-order valence-electron chi connectivity index (χ2n) is 5.05. The fourth-order valence-corrected chi connectivity index (χ4v) is 2.09. The quantitative estimate of drug-likeness (QED) is 0.689. The van der Waals surface area contributed by atoms with Crippen LogP contribution >= 0.6 is 0 Å². The number of hydrogen-bond donors (Lipinski definition) is 2. The fourth-order valence-electron chi connectivity index (χ4n) is 2.09. The molecule has 1 aliphatic rings. The van der Waals surface area contributed by atoms with Gasteiger partial charge in [-0.1, -0.05) is 0 Å². The average molecular weight is 216 g/mol. The van der Waals surface area contributed by atoms with Crippen molar-refractivity contribution in [2.75, 3.05) is 26.9 Å². The number of likely N-dealkylation sites (N-methyl/N-ethyl adjacent to an activating group) is 1. The summed E-state index contributed by atoms with van der Waals surface area (Å²) in [4.78, 5) is 2.31. The van der Waals surface area contributed by atoms with Crippen molar-refractivity contribution < 1.29 is 9.84 Å². The Bertz CT molecular complexity index is 191. The third-order valence-corrected chi connectivity index (χ3v) is 3.30. The van der Waals surface area contributed by atoms with Gasteiger partial charge in [0.15, 0.2) is 0 Å². The van der Waals surface area contributed by atoms with Gasteiger partial charge in [0.1, 0.15) is 0 Å². The molecule has 1 saturated heterocycles. The van der Waals surface area contributed by atoms with Gasteiger partial charge >= 0.3 is 0 Å². The molecule has 1 aliphatic heterocycles. The molecule has 1 rings (SSSR count). The van der Waals surface area contributed by atoms with E-state index in [4.69, 9.17) is 15.6 Å². The third-order valence-electron chi connectivity index (χ3n) is 3.30. The van der Waals surface area contributed by atoms with E-state index in [-0.39, 0.29) is 6.61 Å². The highest BCUT2D eigenvalue weighted by Gasteiger charge is 2.28. The Morgan fingerprint density at radius 2 is 2.33 bits per heavy atom. The van der Waals surface area contributed by atoms with Gasteiger partial charge in [0.25, 0.3) is 0 Å². The number of aliphatic hydroxyl groups excluding tert-OH is 1. The number of nitrogens with two attached hydrogens (primary N) is 1. The smallest absolute Gasteiger partial charge is 0.0622 e. The monoisotopic (exact) mass is 216 g/mol. The lowest BCUT2D eigenvalue weighted by Gasteiger charge is -2.34. The first-order chi connectivity index (χ1) is 6.96. The highest BCUT2D eigenvalue weighted by molar-refractivity contribution is 4.85. The molecule has 0 saturated carbocycles. The average Bonchev–Trinajstić information content (AvgIpc) is 2.68. The zero-order valence-corrected chi connectivity index (χ0v) is 10.1. The molecular weight excluding hydrogens is 192 g/mol. The van der Waals surface area contributed by atoms with E-state index in [9.17, 15) is 0 Å². The molecule has 0 radical (unpaired) electrons. The van der Waals surface area contributed by atoms with Gasteiger partial charge in [0, 0.05) is 24.2 Å². The van der Waals surface area contributed by atoms with Crippen LogP contribution in [0, 0.1) is 0 Å². The summed E-state index contributed by atoms with van der Waals surface area (Å²) < 4.78 is 5.36. The van der Waals surface area contributed by atoms with Crippen molar-refractivity contribution in [3.63, 3.8) is 0 Å². The predicted octanol–water partition coefficient (Wildman–Crippen LogP) is 0.195. The summed E-state index contributed by atoms with van der Waals surface area (Å²) in [6.07, 6.45) is 1.90. The molecule has 1 heterocycles. The molecule has 0 bridgehead atoms. The summed E-state index contributed by atoms with van der Waals surface area (Å²) in [6.45, 7) is 5.76. The molecule has 0 aromatic heterocycles. The second-order valence-corrected chi connectivity index (χ2v) is 5.05. The summed E-state index contributed by atoms with van der Waals surface area (Å²) in [7, 11) is 2.11. The minimum atomic E-state index is -0.479. The largest absolute Gasteiger partial charge is 0.394 e. The molecule has 1 fully saturated rings. The maximum atomic E-state index is 9.12. The van der Waals surface area contributed by atoms with Crippen LogP contribution in [0.5, 0.6) is 0 Å². The van der Waals surface area contributed by atoms with E-state index in [0.29, 0.717) is 12.1 Å². The van der Waals surface area contributed by atoms with Crippen molar-refractivity contribution >= 4 is 0 Å². The van der Waals surface area contributed by atoms with Crippen LogP contribution < -0.4 is 5.73 Å². The zero-order chi connectivity index (χ0) is 11.5. The van der Waals surface area contributed by atoms with Crippen molar-refractivity contribution in [3.8, 4) is 0 Å². The molecule has 0 aromatic rings. The highest BCUT2D eigenvalue weighted by Crippen LogP contribution is 2.18. The van der Waals surface area contributed by atoms with Gasteiger partial charge in [0.05, 0.1) is 13.2 Å². The second kappa shape index (κ2) is 5.25. The molecule has 4 nitrogen and oxygen atoms in total. The zero-order valence-electron chi connectivity index (χ0n) is 10.1. The van der Waals surface area contributed by atoms with Crippen molar-refractivity contribution in [1.82, 2.24) is 4.90 Å². The van der Waals surface area contributed by atoms with Crippen molar-refractivity contribution in [2.45, 2.75) is 44.3 Å². The molecule has 0 spiro atoms. The predicted molar refractivity (Wildman–Crippen MR) is 60.7 cm³/mol. The molecule has 90 valence electrons. The normalized spacial score (nSPS) is 28.0. The molecule has 0 amide bonds. The topological polar surface area (TPSA) is 58.7 Å². The summed E-state index contributed by atoms with van der Waals surface area (Å²) in [5, 5.41) is 9.12. The Morgan fingerprint density at radius 1 is 1.67 bits per heavy atom. The van der Waals surface area contributed by atoms with Crippen LogP contribution in [0.1, 0.15) is 26.7 Å². The SMILES string of the molecule is CC(CC(C)(N)CO)N(C)C1CCOC1. The summed E-state index contributed by atoms with van der Waals surface area (Å²) in [5.74, 6) is 0. The van der Waals surface area contributed by atoms with Gasteiger partial charge in [-0.25, -0.2) is 0 Å². The molecule has 0 aromatic carbocycles. The molecule has 4 heteroatoms. The minimum absolute atomic E-state index is 0.0341. The van der Waals surface area contributed by atoms with Crippen LogP contribution in [-0.2, 0) is 4.74 Å². The number of rotatable bonds is 5. The summed E-state index contributed by atoms with van der Waals surface area (Å²) in [6, 6.07) is 0.883. The number of nitrogens with zero attached hydrogens (tertiary/aromatic N) is 1. The van der Waals surface area contributed by atoms with Gasteiger partial charge in [-0.3, -0.25) is 4.90 Å². The van der Waals surface area contributed by atoms with Crippen LogP contribution in [-0.4, -0.2) is 54.5 Å². The molecule has 3 N–H and O–H groups in total. The van der Waals surface area contributed by atoms with Crippen LogP contribution in [0.25, 0.3) is 0 Å². The molecule has 3 atom stereocenters. The summed E-state index contributed by atoms with van der Waals surface area (Å²) in [5.41, 5.74) is 5.47. The van der Waals surface area contributed by atoms with Gasteiger partial charge in [0.2, 0.25) is 0 Å². The Labute approximate surface area is 92.4 Å². The van der Waals surface area contributed by atoms with Crippen LogP contribution in [0.3, 0.4) is 0 Å². The van der Waals surface area contributed by atoms with Crippen LogP contribution in [0.4, 0.5) is 0 Å². The minimum Gasteiger partial charge on any atom is -0.394 e. The van der Waals surface area contributed by atoms with E-state index < -0.39 is 5.54 Å². The number of aliphatic hydroxyl groups is 1. The Kier molecular flexibility index (Phi) is 4.52. The fraction of sp³-hybridized carbons (Fsp3) is 1.00. The van der Waals surface area contributed by atoms with E-state index in [1.165, 1.54) is 0 Å². The van der Waals surface area contributed by atoms with Gasteiger partial charge in [-0.15, -0.1) is 0 Å². The standard InChI is InChI=1S/C11H24N2O2/c1-9(6-11(2,12)8-14)13(3)10-4-5-15-7-10/h9-10,14H,4-8,12H2,1-3H3. The van der Waals surface area contributed by atoms with Crippen LogP contribution in [0.15, 0.2) is 0 Å². The van der Waals surface area contributed by atoms with Crippen molar-refractivity contribution in [2.24, 2.45) is 5.73 Å². The Hall–Kier alpha value is -0.160.